The minimum absolute atomic E-state index is 0.0350. The van der Waals surface area contributed by atoms with E-state index in [2.05, 4.69) is 5.32 Å². The second kappa shape index (κ2) is 9.55. The van der Waals surface area contributed by atoms with Crippen molar-refractivity contribution in [2.24, 2.45) is 0 Å². The summed E-state index contributed by atoms with van der Waals surface area (Å²) in [5.41, 5.74) is 2.74. The lowest BCUT2D eigenvalue weighted by Crippen LogP contribution is -2.18. The Hall–Kier alpha value is -3.34. The number of nitrogens with zero attached hydrogens (tertiary/aromatic N) is 1. The first-order valence-electron chi connectivity index (χ1n) is 9.40. The summed E-state index contributed by atoms with van der Waals surface area (Å²) < 4.78 is 7.24. The van der Waals surface area contributed by atoms with E-state index in [1.54, 1.807) is 16.8 Å². The average molecular weight is 376 g/mol. The van der Waals surface area contributed by atoms with Gasteiger partial charge in [-0.25, -0.2) is 0 Å². The van der Waals surface area contributed by atoms with Gasteiger partial charge in [0.25, 0.3) is 5.56 Å². The molecule has 1 amide bonds. The highest BCUT2D eigenvalue weighted by atomic mass is 16.5. The van der Waals surface area contributed by atoms with Crippen LogP contribution in [0.1, 0.15) is 24.5 Å². The van der Waals surface area contributed by atoms with Crippen molar-refractivity contribution < 1.29 is 9.53 Å². The van der Waals surface area contributed by atoms with E-state index in [-0.39, 0.29) is 11.5 Å². The van der Waals surface area contributed by atoms with Crippen molar-refractivity contribution >= 4 is 11.6 Å². The van der Waals surface area contributed by atoms with Crippen LogP contribution in [0.25, 0.3) is 0 Å². The second-order valence-corrected chi connectivity index (χ2v) is 6.45. The Bertz CT molecular complexity index is 977. The van der Waals surface area contributed by atoms with Gasteiger partial charge in [-0.15, -0.1) is 0 Å². The van der Waals surface area contributed by atoms with Crippen LogP contribution in [0, 0.1) is 0 Å². The first kappa shape index (κ1) is 19.4. The van der Waals surface area contributed by atoms with Gasteiger partial charge in [0.05, 0.1) is 13.2 Å². The molecule has 0 unspecified atom stereocenters. The van der Waals surface area contributed by atoms with Crippen LogP contribution in [0.15, 0.2) is 77.7 Å². The molecule has 1 N–H and O–H groups in total. The van der Waals surface area contributed by atoms with Gasteiger partial charge in [-0.05, 0) is 48.7 Å². The number of carbonyl (C=O) groups excluding carboxylic acids is 1. The van der Waals surface area contributed by atoms with Crippen molar-refractivity contribution in [1.82, 2.24) is 4.57 Å². The van der Waals surface area contributed by atoms with Gasteiger partial charge in [-0.3, -0.25) is 9.59 Å². The van der Waals surface area contributed by atoms with E-state index in [0.717, 1.165) is 22.6 Å². The number of aromatic nitrogens is 1. The molecular formula is C23H24N2O3. The van der Waals surface area contributed by atoms with E-state index in [0.29, 0.717) is 26.0 Å². The molecule has 0 bridgehead atoms. The number of carbonyl (C=O) groups is 1. The lowest BCUT2D eigenvalue weighted by molar-refractivity contribution is -0.116. The number of benzene rings is 2. The first-order chi connectivity index (χ1) is 13.7. The molecule has 28 heavy (non-hydrogen) atoms. The second-order valence-electron chi connectivity index (χ2n) is 6.45. The fourth-order valence-corrected chi connectivity index (χ4v) is 2.96. The van der Waals surface area contributed by atoms with E-state index in [9.17, 15) is 9.59 Å². The molecule has 3 aromatic rings. The lowest BCUT2D eigenvalue weighted by Gasteiger charge is -2.10. The predicted molar refractivity (Wildman–Crippen MR) is 111 cm³/mol. The molecule has 0 saturated carbocycles. The maximum absolute atomic E-state index is 12.3. The summed E-state index contributed by atoms with van der Waals surface area (Å²) in [4.78, 5) is 24.1. The van der Waals surface area contributed by atoms with Crippen LogP contribution in [0.2, 0.25) is 0 Å². The number of aryl methyl sites for hydroxylation is 1. The molecule has 144 valence electrons. The van der Waals surface area contributed by atoms with Crippen molar-refractivity contribution in [3.05, 3.63) is 94.4 Å². The molecule has 5 heteroatoms. The van der Waals surface area contributed by atoms with E-state index in [1.807, 2.05) is 61.5 Å². The number of hydrogen-bond acceptors (Lipinski definition) is 3. The molecule has 0 radical (unpaired) electrons. The Morgan fingerprint density at radius 3 is 2.50 bits per heavy atom. The number of hydrogen-bond donors (Lipinski definition) is 1. The highest BCUT2D eigenvalue weighted by Crippen LogP contribution is 2.20. The zero-order valence-electron chi connectivity index (χ0n) is 15.9. The molecule has 3 rings (SSSR count). The molecule has 2 aromatic carbocycles. The quantitative estimate of drug-likeness (QED) is 0.649. The van der Waals surface area contributed by atoms with Gasteiger partial charge in [-0.2, -0.15) is 0 Å². The molecule has 0 aliphatic rings. The van der Waals surface area contributed by atoms with Crippen LogP contribution in [0.5, 0.6) is 5.75 Å². The first-order valence-corrected chi connectivity index (χ1v) is 9.40. The van der Waals surface area contributed by atoms with Crippen LogP contribution < -0.4 is 15.6 Å². The van der Waals surface area contributed by atoms with Crippen LogP contribution in [0.3, 0.4) is 0 Å². The molecule has 1 aromatic heterocycles. The lowest BCUT2D eigenvalue weighted by atomic mass is 10.1. The van der Waals surface area contributed by atoms with Crippen LogP contribution in [0.4, 0.5) is 5.69 Å². The number of amides is 1. The maximum Gasteiger partial charge on any atom is 0.250 e. The van der Waals surface area contributed by atoms with Crippen molar-refractivity contribution in [2.75, 3.05) is 11.9 Å². The molecule has 0 fully saturated rings. The van der Waals surface area contributed by atoms with E-state index in [1.165, 1.54) is 6.07 Å². The molecule has 0 saturated heterocycles. The van der Waals surface area contributed by atoms with Gasteiger partial charge in [0.1, 0.15) is 5.75 Å². The van der Waals surface area contributed by atoms with Gasteiger partial charge in [0.2, 0.25) is 5.91 Å². The van der Waals surface area contributed by atoms with E-state index in [4.69, 9.17) is 4.74 Å². The van der Waals surface area contributed by atoms with Crippen molar-refractivity contribution in [2.45, 2.75) is 26.3 Å². The van der Waals surface area contributed by atoms with Gasteiger partial charge < -0.3 is 14.6 Å². The van der Waals surface area contributed by atoms with Gasteiger partial charge in [0.15, 0.2) is 0 Å². The maximum atomic E-state index is 12.3. The summed E-state index contributed by atoms with van der Waals surface area (Å²) in [5, 5.41) is 2.92. The van der Waals surface area contributed by atoms with Gasteiger partial charge in [-0.1, -0.05) is 36.4 Å². The Kier molecular flexibility index (Phi) is 6.63. The summed E-state index contributed by atoms with van der Waals surface area (Å²) >= 11 is 0. The standard InChI is InChI=1S/C23H24N2O3/c1-2-28-21-8-4-3-7-19(21)12-15-22(26)24-20-13-10-18(11-14-20)17-25-16-6-5-9-23(25)27/h3-11,13-14,16H,2,12,15,17H2,1H3,(H,24,26). The molecule has 0 atom stereocenters. The number of ether oxygens (including phenoxy) is 1. The Morgan fingerprint density at radius 2 is 1.75 bits per heavy atom. The normalized spacial score (nSPS) is 10.5. The fourth-order valence-electron chi connectivity index (χ4n) is 2.96. The SMILES string of the molecule is CCOc1ccccc1CCC(=O)Nc1ccc(Cn2ccccc2=O)cc1. The van der Waals surface area contributed by atoms with E-state index < -0.39 is 0 Å². The zero-order chi connectivity index (χ0) is 19.8. The summed E-state index contributed by atoms with van der Waals surface area (Å²) in [6.07, 6.45) is 2.76. The average Bonchev–Trinajstić information content (AvgIpc) is 2.71. The van der Waals surface area contributed by atoms with Gasteiger partial charge >= 0.3 is 0 Å². The highest BCUT2D eigenvalue weighted by Gasteiger charge is 2.07. The molecule has 5 nitrogen and oxygen atoms in total. The van der Waals surface area contributed by atoms with Crippen molar-refractivity contribution in [1.29, 1.82) is 0 Å². The smallest absolute Gasteiger partial charge is 0.250 e. The summed E-state index contributed by atoms with van der Waals surface area (Å²) in [6.45, 7) is 3.05. The van der Waals surface area contributed by atoms with Crippen molar-refractivity contribution in [3.8, 4) is 5.75 Å². The fraction of sp³-hybridized carbons (Fsp3) is 0.217. The molecule has 0 aliphatic carbocycles. The van der Waals surface area contributed by atoms with Crippen LogP contribution >= 0.6 is 0 Å². The molecule has 0 aliphatic heterocycles. The van der Waals surface area contributed by atoms with Crippen molar-refractivity contribution in [3.63, 3.8) is 0 Å². The predicted octanol–water partition coefficient (Wildman–Crippen LogP) is 3.87. The highest BCUT2D eigenvalue weighted by molar-refractivity contribution is 5.90. The Balaban J connectivity index is 1.55. The van der Waals surface area contributed by atoms with Crippen LogP contribution in [-0.2, 0) is 17.8 Å². The summed E-state index contributed by atoms with van der Waals surface area (Å²) in [7, 11) is 0. The minimum Gasteiger partial charge on any atom is -0.494 e. The third kappa shape index (κ3) is 5.33. The molecule has 0 spiro atoms. The number of para-hydroxylation sites is 1. The number of rotatable bonds is 8. The third-order valence-electron chi connectivity index (χ3n) is 4.38. The topological polar surface area (TPSA) is 60.3 Å². The van der Waals surface area contributed by atoms with Gasteiger partial charge in [0, 0.05) is 24.4 Å². The largest absolute Gasteiger partial charge is 0.494 e. The summed E-state index contributed by atoms with van der Waals surface area (Å²) in [6, 6.07) is 20.4. The van der Waals surface area contributed by atoms with E-state index >= 15 is 0 Å². The third-order valence-corrected chi connectivity index (χ3v) is 4.38. The molecule has 1 heterocycles. The zero-order valence-corrected chi connectivity index (χ0v) is 15.9. The minimum atomic E-state index is -0.0432. The number of pyridine rings is 1. The number of nitrogens with one attached hydrogen (secondary N) is 1. The Morgan fingerprint density at radius 1 is 1.00 bits per heavy atom. The monoisotopic (exact) mass is 376 g/mol. The Labute approximate surface area is 164 Å². The summed E-state index contributed by atoms with van der Waals surface area (Å²) in [5.74, 6) is 0.789. The van der Waals surface area contributed by atoms with Crippen LogP contribution in [-0.4, -0.2) is 17.1 Å². The number of anilines is 1. The molecular weight excluding hydrogens is 352 g/mol.